The standard InChI is InChI=1S/C9H11N3.2C2H6/c1-7-3-4-12-9(10-5-7)8(2)6-11-12;2*1-2/h3-7H,1-2H3;2*1-2H3. The van der Waals surface area contributed by atoms with Crippen molar-refractivity contribution < 1.29 is 0 Å². The van der Waals surface area contributed by atoms with E-state index in [9.17, 15) is 0 Å². The Morgan fingerprint density at radius 2 is 1.81 bits per heavy atom. The maximum Gasteiger partial charge on any atom is 0.157 e. The Morgan fingerprint density at radius 3 is 2.44 bits per heavy atom. The Bertz CT molecular complexity index is 348. The van der Waals surface area contributed by atoms with Crippen molar-refractivity contribution in [3.63, 3.8) is 0 Å². The number of hydrogen-bond donors (Lipinski definition) is 0. The van der Waals surface area contributed by atoms with E-state index in [-0.39, 0.29) is 0 Å². The topological polar surface area (TPSA) is 30.2 Å². The van der Waals surface area contributed by atoms with Crippen LogP contribution in [0.25, 0.3) is 6.20 Å². The van der Waals surface area contributed by atoms with Crippen LogP contribution in [0.15, 0.2) is 17.3 Å². The first-order chi connectivity index (χ1) is 7.77. The molecule has 2 rings (SSSR count). The summed E-state index contributed by atoms with van der Waals surface area (Å²) >= 11 is 0. The smallest absolute Gasteiger partial charge is 0.157 e. The van der Waals surface area contributed by atoms with Gasteiger partial charge in [-0.15, -0.1) is 0 Å². The Hall–Kier alpha value is -1.38. The van der Waals surface area contributed by atoms with Gasteiger partial charge in [-0.2, -0.15) is 5.10 Å². The summed E-state index contributed by atoms with van der Waals surface area (Å²) in [5.41, 5.74) is 1.12. The second-order valence-electron chi connectivity index (χ2n) is 3.07. The summed E-state index contributed by atoms with van der Waals surface area (Å²) in [4.78, 5) is 4.34. The summed E-state index contributed by atoms with van der Waals surface area (Å²) in [5, 5.41) is 4.17. The number of aromatic nitrogens is 2. The molecule has 1 unspecified atom stereocenters. The van der Waals surface area contributed by atoms with Gasteiger partial charge in [0.05, 0.1) is 6.20 Å². The first-order valence-corrected chi connectivity index (χ1v) is 6.04. The van der Waals surface area contributed by atoms with Gasteiger partial charge in [-0.05, 0) is 6.92 Å². The number of rotatable bonds is 0. The molecule has 1 aromatic rings. The van der Waals surface area contributed by atoms with Crippen molar-refractivity contribution in [3.8, 4) is 0 Å². The Balaban J connectivity index is 0.000000509. The summed E-state index contributed by atoms with van der Waals surface area (Å²) in [5.74, 6) is 1.33. The molecular weight excluding hydrogens is 198 g/mol. The second-order valence-corrected chi connectivity index (χ2v) is 3.07. The first-order valence-electron chi connectivity index (χ1n) is 6.04. The highest BCUT2D eigenvalue weighted by Gasteiger charge is 2.06. The van der Waals surface area contributed by atoms with Gasteiger partial charge in [0.2, 0.25) is 0 Å². The number of aliphatic imine (C=N–C) groups is 1. The third-order valence-electron chi connectivity index (χ3n) is 1.91. The molecule has 1 aliphatic heterocycles. The molecule has 0 N–H and O–H groups in total. The Labute approximate surface area is 98.9 Å². The average Bonchev–Trinajstić information content (AvgIpc) is 2.58. The highest BCUT2D eigenvalue weighted by molar-refractivity contribution is 5.70. The zero-order valence-electron chi connectivity index (χ0n) is 11.2. The van der Waals surface area contributed by atoms with E-state index in [2.05, 4.69) is 23.1 Å². The van der Waals surface area contributed by atoms with E-state index in [1.54, 1.807) is 4.68 Å². The largest absolute Gasteiger partial charge is 0.241 e. The van der Waals surface area contributed by atoms with E-state index in [0.717, 1.165) is 11.4 Å². The fourth-order valence-corrected chi connectivity index (χ4v) is 1.17. The van der Waals surface area contributed by atoms with Crippen LogP contribution in [0.2, 0.25) is 0 Å². The molecule has 0 saturated carbocycles. The van der Waals surface area contributed by atoms with Crippen molar-refractivity contribution >= 4 is 18.2 Å². The third kappa shape index (κ3) is 3.65. The van der Waals surface area contributed by atoms with Gasteiger partial charge >= 0.3 is 0 Å². The van der Waals surface area contributed by atoms with E-state index in [4.69, 9.17) is 0 Å². The molecule has 90 valence electrons. The highest BCUT2D eigenvalue weighted by Crippen LogP contribution is 2.20. The normalized spacial score (nSPS) is 16.2. The van der Waals surface area contributed by atoms with Gasteiger partial charge < -0.3 is 0 Å². The minimum atomic E-state index is 0.395. The zero-order chi connectivity index (χ0) is 12.6. The van der Waals surface area contributed by atoms with Crippen molar-refractivity contribution in [1.29, 1.82) is 0 Å². The van der Waals surface area contributed by atoms with E-state index in [1.807, 2.05) is 53.2 Å². The predicted octanol–water partition coefficient (Wildman–Crippen LogP) is 4.07. The van der Waals surface area contributed by atoms with Gasteiger partial charge in [0.15, 0.2) is 5.82 Å². The van der Waals surface area contributed by atoms with Crippen LogP contribution in [0.1, 0.15) is 40.2 Å². The molecule has 3 nitrogen and oxygen atoms in total. The summed E-state index contributed by atoms with van der Waals surface area (Å²) in [6.45, 7) is 12.1. The van der Waals surface area contributed by atoms with Gasteiger partial charge in [-0.25, -0.2) is 9.67 Å². The van der Waals surface area contributed by atoms with Crippen molar-refractivity contribution in [3.05, 3.63) is 17.8 Å². The summed E-state index contributed by atoms with van der Waals surface area (Å²) in [6, 6.07) is 0. The number of aryl methyl sites for hydroxylation is 1. The minimum absolute atomic E-state index is 0.395. The summed E-state index contributed by atoms with van der Waals surface area (Å²) < 4.78 is 1.80. The Morgan fingerprint density at radius 1 is 1.19 bits per heavy atom. The molecule has 1 atom stereocenters. The van der Waals surface area contributed by atoms with E-state index < -0.39 is 0 Å². The lowest BCUT2D eigenvalue weighted by molar-refractivity contribution is 0.931. The van der Waals surface area contributed by atoms with Gasteiger partial charge in [0.25, 0.3) is 0 Å². The molecule has 0 spiro atoms. The Kier molecular flexibility index (Phi) is 7.18. The molecule has 1 aromatic heterocycles. The van der Waals surface area contributed by atoms with Crippen LogP contribution in [-0.4, -0.2) is 16.0 Å². The van der Waals surface area contributed by atoms with Crippen LogP contribution in [0.3, 0.4) is 0 Å². The lowest BCUT2D eigenvalue weighted by Crippen LogP contribution is -1.87. The van der Waals surface area contributed by atoms with Gasteiger partial charge in [-0.3, -0.25) is 0 Å². The number of nitrogens with zero attached hydrogens (tertiary/aromatic N) is 3. The average molecular weight is 221 g/mol. The molecule has 0 fully saturated rings. The fraction of sp³-hybridized carbons (Fsp3) is 0.538. The van der Waals surface area contributed by atoms with Crippen LogP contribution in [-0.2, 0) is 0 Å². The number of hydrogen-bond acceptors (Lipinski definition) is 2. The molecule has 2 heterocycles. The van der Waals surface area contributed by atoms with Gasteiger partial charge in [0.1, 0.15) is 0 Å². The van der Waals surface area contributed by atoms with E-state index in [1.165, 1.54) is 0 Å². The monoisotopic (exact) mass is 221 g/mol. The zero-order valence-corrected chi connectivity index (χ0v) is 11.2. The highest BCUT2D eigenvalue weighted by atomic mass is 15.3. The lowest BCUT2D eigenvalue weighted by atomic mass is 10.2. The molecule has 0 aliphatic carbocycles. The molecule has 16 heavy (non-hydrogen) atoms. The molecule has 0 radical (unpaired) electrons. The first kappa shape index (κ1) is 14.6. The molecule has 0 aromatic carbocycles. The van der Waals surface area contributed by atoms with Crippen LogP contribution < -0.4 is 0 Å². The third-order valence-corrected chi connectivity index (χ3v) is 1.91. The minimum Gasteiger partial charge on any atom is -0.241 e. The summed E-state index contributed by atoms with van der Waals surface area (Å²) in [6.07, 6.45) is 7.80. The van der Waals surface area contributed by atoms with E-state index >= 15 is 0 Å². The molecule has 1 aliphatic rings. The van der Waals surface area contributed by atoms with Crippen molar-refractivity contribution in [1.82, 2.24) is 9.78 Å². The second kappa shape index (κ2) is 7.85. The maximum absolute atomic E-state index is 4.34. The quantitative estimate of drug-likeness (QED) is 0.649. The fourth-order valence-electron chi connectivity index (χ4n) is 1.17. The van der Waals surface area contributed by atoms with Crippen LogP contribution >= 0.6 is 0 Å². The summed E-state index contributed by atoms with van der Waals surface area (Å²) in [7, 11) is 0. The van der Waals surface area contributed by atoms with Gasteiger partial charge in [-0.1, -0.05) is 40.7 Å². The van der Waals surface area contributed by atoms with Crippen LogP contribution in [0.4, 0.5) is 5.82 Å². The maximum atomic E-state index is 4.34. The molecular formula is C13H23N3. The van der Waals surface area contributed by atoms with Crippen molar-refractivity contribution in [2.75, 3.05) is 0 Å². The van der Waals surface area contributed by atoms with Crippen molar-refractivity contribution in [2.45, 2.75) is 41.5 Å². The van der Waals surface area contributed by atoms with Crippen LogP contribution in [0.5, 0.6) is 0 Å². The molecule has 3 heteroatoms. The lowest BCUT2D eigenvalue weighted by Gasteiger charge is -1.93. The molecule has 0 bridgehead atoms. The number of fused-ring (bicyclic) bond motifs is 1. The predicted molar refractivity (Wildman–Crippen MR) is 72.3 cm³/mol. The molecule has 0 saturated heterocycles. The molecule has 0 amide bonds. The number of allylic oxidation sites excluding steroid dienone is 1. The van der Waals surface area contributed by atoms with Crippen molar-refractivity contribution in [2.24, 2.45) is 10.9 Å². The van der Waals surface area contributed by atoms with E-state index in [0.29, 0.717) is 5.92 Å². The van der Waals surface area contributed by atoms with Crippen LogP contribution in [0, 0.1) is 12.8 Å². The SMILES string of the molecule is CC.CC.Cc1cnn2c1N=CC(C)C=C2. The van der Waals surface area contributed by atoms with Gasteiger partial charge in [0, 0.05) is 23.9 Å².